The lowest BCUT2D eigenvalue weighted by Gasteiger charge is -2.26. The van der Waals surface area contributed by atoms with Crippen molar-refractivity contribution in [3.8, 4) is 11.5 Å². The first kappa shape index (κ1) is 40.6. The Labute approximate surface area is 273 Å². The van der Waals surface area contributed by atoms with Crippen LogP contribution in [-0.2, 0) is 47.6 Å². The lowest BCUT2D eigenvalue weighted by molar-refractivity contribution is -0.151. The van der Waals surface area contributed by atoms with E-state index in [1.54, 1.807) is 0 Å². The number of rotatable bonds is 22. The zero-order chi connectivity index (χ0) is 34.8. The zero-order valence-electron chi connectivity index (χ0n) is 28.7. The highest BCUT2D eigenvalue weighted by atomic mass is 16.6. The first-order valence-corrected chi connectivity index (χ1v) is 16.0. The highest BCUT2D eigenvalue weighted by molar-refractivity contribution is 5.85. The van der Waals surface area contributed by atoms with Gasteiger partial charge in [0, 0.05) is 11.1 Å². The number of hydrogen-bond donors (Lipinski definition) is 2. The summed E-state index contributed by atoms with van der Waals surface area (Å²) < 4.78 is 32.7. The van der Waals surface area contributed by atoms with Crippen LogP contribution in [0.15, 0.2) is 12.1 Å². The summed E-state index contributed by atoms with van der Waals surface area (Å²) in [6.45, 7) is 14.9. The molecule has 0 aromatic heterocycles. The SMILES string of the molecule is CC(C)COC(=O)CCOCC(C(=O)OCC(C)C)c1c(O)ccc(O)c1C(COCCC(=O)OCC(C)C)C(=O)OCC(C)C. The minimum atomic E-state index is -1.29. The average molecular weight is 655 g/mol. The molecule has 2 atom stereocenters. The molecule has 0 amide bonds. The fraction of sp³-hybridized carbons (Fsp3) is 0.706. The number of phenols is 2. The molecule has 0 spiro atoms. The third-order valence-electron chi connectivity index (χ3n) is 6.25. The Morgan fingerprint density at radius 1 is 0.522 bits per heavy atom. The van der Waals surface area contributed by atoms with Gasteiger partial charge in [0.15, 0.2) is 0 Å². The van der Waals surface area contributed by atoms with Crippen LogP contribution in [0.2, 0.25) is 0 Å². The molecule has 0 aliphatic carbocycles. The summed E-state index contributed by atoms with van der Waals surface area (Å²) in [7, 11) is 0. The molecule has 0 aliphatic heterocycles. The van der Waals surface area contributed by atoms with E-state index in [1.165, 1.54) is 12.1 Å². The van der Waals surface area contributed by atoms with Crippen LogP contribution in [0.25, 0.3) is 0 Å². The summed E-state index contributed by atoms with van der Waals surface area (Å²) in [5.41, 5.74) is -0.190. The van der Waals surface area contributed by atoms with Crippen LogP contribution in [-0.4, -0.2) is 86.9 Å². The van der Waals surface area contributed by atoms with E-state index >= 15 is 0 Å². The topological polar surface area (TPSA) is 164 Å². The maximum absolute atomic E-state index is 13.4. The Morgan fingerprint density at radius 3 is 1.13 bits per heavy atom. The first-order chi connectivity index (χ1) is 21.6. The molecule has 2 unspecified atom stereocenters. The second-order valence-corrected chi connectivity index (χ2v) is 12.9. The summed E-state index contributed by atoms with van der Waals surface area (Å²) in [5, 5.41) is 22.1. The maximum Gasteiger partial charge on any atom is 0.315 e. The number of benzene rings is 1. The predicted octanol–water partition coefficient (Wildman–Crippen LogP) is 4.88. The third kappa shape index (κ3) is 15.8. The van der Waals surface area contributed by atoms with E-state index < -0.39 is 47.2 Å². The van der Waals surface area contributed by atoms with Crippen LogP contribution >= 0.6 is 0 Å². The second kappa shape index (κ2) is 21.4. The number of phenolic OH excluding ortho intramolecular Hbond substituents is 2. The van der Waals surface area contributed by atoms with Crippen molar-refractivity contribution in [2.75, 3.05) is 52.9 Å². The van der Waals surface area contributed by atoms with Crippen LogP contribution in [0.5, 0.6) is 11.5 Å². The maximum atomic E-state index is 13.4. The molecule has 1 aromatic carbocycles. The van der Waals surface area contributed by atoms with Gasteiger partial charge in [-0.1, -0.05) is 55.4 Å². The van der Waals surface area contributed by atoms with Crippen molar-refractivity contribution in [1.29, 1.82) is 0 Å². The average Bonchev–Trinajstić information content (AvgIpc) is 2.98. The molecule has 0 bridgehead atoms. The lowest BCUT2D eigenvalue weighted by atomic mass is 9.86. The summed E-state index contributed by atoms with van der Waals surface area (Å²) in [5.74, 6) is -5.49. The fourth-order valence-corrected chi connectivity index (χ4v) is 3.96. The number of carbonyl (C=O) groups excluding carboxylic acids is 4. The monoisotopic (exact) mass is 654 g/mol. The van der Waals surface area contributed by atoms with Crippen molar-refractivity contribution < 1.29 is 57.8 Å². The number of esters is 4. The van der Waals surface area contributed by atoms with Gasteiger partial charge in [-0.25, -0.2) is 0 Å². The van der Waals surface area contributed by atoms with Gasteiger partial charge in [-0.2, -0.15) is 0 Å². The highest BCUT2D eigenvalue weighted by Gasteiger charge is 2.36. The van der Waals surface area contributed by atoms with Gasteiger partial charge >= 0.3 is 23.9 Å². The molecule has 12 heteroatoms. The van der Waals surface area contributed by atoms with Gasteiger partial charge in [0.05, 0.1) is 65.7 Å². The van der Waals surface area contributed by atoms with Gasteiger partial charge in [-0.3, -0.25) is 19.2 Å². The molecule has 46 heavy (non-hydrogen) atoms. The minimum absolute atomic E-state index is 0.00197. The van der Waals surface area contributed by atoms with Crippen molar-refractivity contribution in [1.82, 2.24) is 0 Å². The van der Waals surface area contributed by atoms with Crippen LogP contribution < -0.4 is 0 Å². The van der Waals surface area contributed by atoms with Gasteiger partial charge in [0.1, 0.15) is 23.3 Å². The molecule has 0 saturated carbocycles. The lowest BCUT2D eigenvalue weighted by Crippen LogP contribution is -2.28. The van der Waals surface area contributed by atoms with Crippen LogP contribution in [0.1, 0.15) is 91.2 Å². The second-order valence-electron chi connectivity index (χ2n) is 12.9. The molecule has 12 nitrogen and oxygen atoms in total. The predicted molar refractivity (Wildman–Crippen MR) is 169 cm³/mol. The van der Waals surface area contributed by atoms with Crippen LogP contribution in [0, 0.1) is 23.7 Å². The molecule has 2 N–H and O–H groups in total. The normalized spacial score (nSPS) is 12.8. The minimum Gasteiger partial charge on any atom is -0.508 e. The smallest absolute Gasteiger partial charge is 0.315 e. The van der Waals surface area contributed by atoms with Crippen molar-refractivity contribution in [2.45, 2.75) is 80.1 Å². The quantitative estimate of drug-likeness (QED) is 0.0755. The molecule has 262 valence electrons. The number of hydrogen-bond acceptors (Lipinski definition) is 12. The van der Waals surface area contributed by atoms with E-state index in [1.807, 2.05) is 55.4 Å². The molecule has 0 heterocycles. The summed E-state index contributed by atoms with van der Waals surface area (Å²) in [6.07, 6.45) is -0.145. The summed E-state index contributed by atoms with van der Waals surface area (Å²) in [4.78, 5) is 51.0. The fourth-order valence-electron chi connectivity index (χ4n) is 3.96. The molecule has 0 fully saturated rings. The van der Waals surface area contributed by atoms with E-state index in [-0.39, 0.29) is 100 Å². The van der Waals surface area contributed by atoms with Gasteiger partial charge in [-0.15, -0.1) is 0 Å². The van der Waals surface area contributed by atoms with E-state index in [0.29, 0.717) is 0 Å². The van der Waals surface area contributed by atoms with Gasteiger partial charge < -0.3 is 38.6 Å². The highest BCUT2D eigenvalue weighted by Crippen LogP contribution is 2.41. The van der Waals surface area contributed by atoms with E-state index in [2.05, 4.69) is 0 Å². The number of carbonyl (C=O) groups is 4. The van der Waals surface area contributed by atoms with E-state index in [9.17, 15) is 29.4 Å². The van der Waals surface area contributed by atoms with Gasteiger partial charge in [0.2, 0.25) is 0 Å². The Bertz CT molecular complexity index is 1010. The van der Waals surface area contributed by atoms with Crippen LogP contribution in [0.3, 0.4) is 0 Å². The summed E-state index contributed by atoms with van der Waals surface area (Å²) >= 11 is 0. The number of aromatic hydroxyl groups is 2. The molecule has 0 aliphatic rings. The van der Waals surface area contributed by atoms with E-state index in [4.69, 9.17) is 28.4 Å². The molecule has 1 aromatic rings. The Morgan fingerprint density at radius 2 is 0.826 bits per heavy atom. The number of ether oxygens (including phenoxy) is 6. The molecule has 1 rings (SSSR count). The van der Waals surface area contributed by atoms with Crippen molar-refractivity contribution in [3.63, 3.8) is 0 Å². The van der Waals surface area contributed by atoms with Crippen molar-refractivity contribution in [2.24, 2.45) is 23.7 Å². The first-order valence-electron chi connectivity index (χ1n) is 16.0. The van der Waals surface area contributed by atoms with Crippen LogP contribution in [0.4, 0.5) is 0 Å². The van der Waals surface area contributed by atoms with Crippen molar-refractivity contribution in [3.05, 3.63) is 23.3 Å². The van der Waals surface area contributed by atoms with Gasteiger partial charge in [-0.05, 0) is 35.8 Å². The summed E-state index contributed by atoms with van der Waals surface area (Å²) in [6, 6.07) is 2.39. The van der Waals surface area contributed by atoms with E-state index in [0.717, 1.165) is 0 Å². The van der Waals surface area contributed by atoms with Crippen molar-refractivity contribution >= 4 is 23.9 Å². The Hall–Kier alpha value is -3.38. The Balaban J connectivity index is 3.38. The molecule has 0 saturated heterocycles. The molecule has 0 radical (unpaired) electrons. The standard InChI is InChI=1S/C34H54O12/c1-21(2)15-43-29(37)11-13-41-19-25(33(39)45-17-23(5)6)31-27(35)9-10-28(36)32(31)26(34(40)46-18-24(7)8)20-42-14-12-30(38)44-16-22(3)4/h9-10,21-26,35-36H,11-20H2,1-8H3. The third-order valence-corrected chi connectivity index (χ3v) is 6.25. The molecular weight excluding hydrogens is 600 g/mol. The zero-order valence-corrected chi connectivity index (χ0v) is 28.7. The molecular formula is C34H54O12. The largest absolute Gasteiger partial charge is 0.508 e. The van der Waals surface area contributed by atoms with Gasteiger partial charge in [0.25, 0.3) is 0 Å². The Kier molecular flexibility index (Phi) is 18.9.